The molecule has 3 aromatic rings. The van der Waals surface area contributed by atoms with Gasteiger partial charge >= 0.3 is 0 Å². The van der Waals surface area contributed by atoms with Crippen molar-refractivity contribution < 1.29 is 4.79 Å². The summed E-state index contributed by atoms with van der Waals surface area (Å²) in [4.78, 5) is 16.4. The van der Waals surface area contributed by atoms with Crippen molar-refractivity contribution in [1.29, 1.82) is 0 Å². The predicted octanol–water partition coefficient (Wildman–Crippen LogP) is 3.19. The number of likely N-dealkylation sites (N-methyl/N-ethyl adjacent to an activating group) is 1. The highest BCUT2D eigenvalue weighted by Crippen LogP contribution is 2.12. The Morgan fingerprint density at radius 3 is 2.39 bits per heavy atom. The molecule has 0 spiro atoms. The van der Waals surface area contributed by atoms with E-state index in [4.69, 9.17) is 0 Å². The number of aryl methyl sites for hydroxylation is 1. The van der Waals surface area contributed by atoms with Crippen molar-refractivity contribution >= 4 is 5.91 Å². The standard InChI is InChI=1S/C24H32N6O/c1-3-29(4-2)22(18-20-12-7-5-8-13-20)19-25-23(31)16-11-17-30-27-24(26-28-30)21-14-9-6-10-15-21/h5-10,12-15,22H,3-4,11,16-19H2,1-2H3,(H,25,31). The van der Waals surface area contributed by atoms with E-state index in [0.29, 0.717) is 31.8 Å². The van der Waals surface area contributed by atoms with Gasteiger partial charge in [-0.25, -0.2) is 0 Å². The Morgan fingerprint density at radius 2 is 1.71 bits per heavy atom. The summed E-state index contributed by atoms with van der Waals surface area (Å²) in [5.41, 5.74) is 2.23. The van der Waals surface area contributed by atoms with Gasteiger partial charge in [0.25, 0.3) is 0 Å². The first-order valence-electron chi connectivity index (χ1n) is 11.1. The minimum absolute atomic E-state index is 0.0635. The average Bonchev–Trinajstić information content (AvgIpc) is 3.28. The molecule has 7 nitrogen and oxygen atoms in total. The van der Waals surface area contributed by atoms with Crippen molar-refractivity contribution in [2.45, 2.75) is 45.7 Å². The largest absolute Gasteiger partial charge is 0.355 e. The van der Waals surface area contributed by atoms with Gasteiger partial charge in [0.15, 0.2) is 0 Å². The number of rotatable bonds is 12. The monoisotopic (exact) mass is 420 g/mol. The van der Waals surface area contributed by atoms with E-state index >= 15 is 0 Å². The zero-order valence-corrected chi connectivity index (χ0v) is 18.4. The lowest BCUT2D eigenvalue weighted by molar-refractivity contribution is -0.121. The van der Waals surface area contributed by atoms with E-state index in [1.165, 1.54) is 5.56 Å². The molecular weight excluding hydrogens is 388 g/mol. The van der Waals surface area contributed by atoms with Crippen LogP contribution in [0.3, 0.4) is 0 Å². The lowest BCUT2D eigenvalue weighted by atomic mass is 10.0. The molecule has 0 saturated heterocycles. The number of benzene rings is 2. The summed E-state index contributed by atoms with van der Waals surface area (Å²) in [5, 5.41) is 15.7. The van der Waals surface area contributed by atoms with Gasteiger partial charge in [-0.1, -0.05) is 74.5 Å². The fourth-order valence-electron chi connectivity index (χ4n) is 3.70. The van der Waals surface area contributed by atoms with Gasteiger partial charge in [-0.05, 0) is 36.7 Å². The molecular formula is C24H32N6O. The second-order valence-electron chi connectivity index (χ2n) is 7.55. The second-order valence-corrected chi connectivity index (χ2v) is 7.55. The van der Waals surface area contributed by atoms with Crippen LogP contribution in [-0.4, -0.2) is 56.7 Å². The van der Waals surface area contributed by atoms with Crippen LogP contribution in [0.4, 0.5) is 0 Å². The van der Waals surface area contributed by atoms with E-state index < -0.39 is 0 Å². The number of amides is 1. The van der Waals surface area contributed by atoms with Gasteiger partial charge in [-0.15, -0.1) is 10.2 Å². The second kappa shape index (κ2) is 12.0. The van der Waals surface area contributed by atoms with Gasteiger partial charge in [-0.2, -0.15) is 4.80 Å². The highest BCUT2D eigenvalue weighted by Gasteiger charge is 2.17. The quantitative estimate of drug-likeness (QED) is 0.487. The highest BCUT2D eigenvalue weighted by molar-refractivity contribution is 5.75. The number of tetrazole rings is 1. The van der Waals surface area contributed by atoms with Crippen molar-refractivity contribution in [3.8, 4) is 11.4 Å². The Bertz CT molecular complexity index is 908. The molecule has 7 heteroatoms. The van der Waals surface area contributed by atoms with Crippen LogP contribution in [0.25, 0.3) is 11.4 Å². The number of hydrogen-bond acceptors (Lipinski definition) is 5. The predicted molar refractivity (Wildman–Crippen MR) is 122 cm³/mol. The average molecular weight is 421 g/mol. The molecule has 0 aliphatic rings. The van der Waals surface area contributed by atoms with Crippen LogP contribution in [0, 0.1) is 0 Å². The van der Waals surface area contributed by atoms with Crippen molar-refractivity contribution in [2.24, 2.45) is 0 Å². The first-order chi connectivity index (χ1) is 15.2. The summed E-state index contributed by atoms with van der Waals surface area (Å²) in [6.45, 7) is 7.47. The molecule has 0 aliphatic heterocycles. The SMILES string of the molecule is CCN(CC)C(CNC(=O)CCCn1nnc(-c2ccccc2)n1)Cc1ccccc1. The molecule has 1 N–H and O–H groups in total. The first-order valence-corrected chi connectivity index (χ1v) is 11.1. The molecule has 0 fully saturated rings. The molecule has 3 rings (SSSR count). The summed E-state index contributed by atoms with van der Waals surface area (Å²) >= 11 is 0. The fraction of sp³-hybridized carbons (Fsp3) is 0.417. The maximum absolute atomic E-state index is 12.4. The van der Waals surface area contributed by atoms with Crippen LogP contribution in [0.2, 0.25) is 0 Å². The molecule has 164 valence electrons. The summed E-state index contributed by atoms with van der Waals surface area (Å²) < 4.78 is 0. The maximum atomic E-state index is 12.4. The third-order valence-electron chi connectivity index (χ3n) is 5.42. The van der Waals surface area contributed by atoms with Crippen molar-refractivity contribution in [3.05, 3.63) is 66.2 Å². The number of carbonyl (C=O) groups excluding carboxylic acids is 1. The molecule has 1 atom stereocenters. The normalized spacial score (nSPS) is 12.1. The molecule has 0 radical (unpaired) electrons. The van der Waals surface area contributed by atoms with Crippen LogP contribution in [0.5, 0.6) is 0 Å². The van der Waals surface area contributed by atoms with Gasteiger partial charge in [0.2, 0.25) is 11.7 Å². The molecule has 2 aromatic carbocycles. The van der Waals surface area contributed by atoms with Crippen LogP contribution < -0.4 is 5.32 Å². The first kappa shape index (κ1) is 22.6. The highest BCUT2D eigenvalue weighted by atomic mass is 16.1. The van der Waals surface area contributed by atoms with Gasteiger partial charge in [-0.3, -0.25) is 9.69 Å². The molecule has 1 heterocycles. The zero-order valence-electron chi connectivity index (χ0n) is 18.4. The fourth-order valence-corrected chi connectivity index (χ4v) is 3.70. The number of nitrogens with one attached hydrogen (secondary N) is 1. The van der Waals surface area contributed by atoms with E-state index in [2.05, 4.69) is 63.7 Å². The van der Waals surface area contributed by atoms with Crippen LogP contribution >= 0.6 is 0 Å². The smallest absolute Gasteiger partial charge is 0.220 e. The summed E-state index contributed by atoms with van der Waals surface area (Å²) in [6.07, 6.45) is 2.04. The van der Waals surface area contributed by atoms with E-state index in [9.17, 15) is 4.79 Å². The third-order valence-corrected chi connectivity index (χ3v) is 5.42. The van der Waals surface area contributed by atoms with Crippen LogP contribution in [0.1, 0.15) is 32.3 Å². The topological polar surface area (TPSA) is 75.9 Å². The van der Waals surface area contributed by atoms with Gasteiger partial charge in [0.05, 0.1) is 6.54 Å². The minimum atomic E-state index is 0.0635. The number of carbonyl (C=O) groups is 1. The van der Waals surface area contributed by atoms with Gasteiger partial charge in [0.1, 0.15) is 0 Å². The Morgan fingerprint density at radius 1 is 1.03 bits per heavy atom. The van der Waals surface area contributed by atoms with E-state index in [1.54, 1.807) is 4.80 Å². The Kier molecular flexibility index (Phi) is 8.72. The molecule has 1 aromatic heterocycles. The van der Waals surface area contributed by atoms with Crippen LogP contribution in [-0.2, 0) is 17.8 Å². The maximum Gasteiger partial charge on any atom is 0.220 e. The van der Waals surface area contributed by atoms with E-state index in [1.807, 2.05) is 36.4 Å². The molecule has 1 unspecified atom stereocenters. The van der Waals surface area contributed by atoms with Crippen molar-refractivity contribution in [2.75, 3.05) is 19.6 Å². The van der Waals surface area contributed by atoms with Gasteiger partial charge in [0, 0.05) is 24.6 Å². The Hall–Kier alpha value is -3.06. The third kappa shape index (κ3) is 7.00. The number of aromatic nitrogens is 4. The molecule has 1 amide bonds. The number of hydrogen-bond donors (Lipinski definition) is 1. The molecule has 0 saturated carbocycles. The van der Waals surface area contributed by atoms with Gasteiger partial charge < -0.3 is 5.32 Å². The molecule has 0 bridgehead atoms. The van der Waals surface area contributed by atoms with Crippen LogP contribution in [0.15, 0.2) is 60.7 Å². The Labute approximate surface area is 184 Å². The minimum Gasteiger partial charge on any atom is -0.355 e. The molecule has 0 aliphatic carbocycles. The summed E-state index contributed by atoms with van der Waals surface area (Å²) in [5.74, 6) is 0.668. The summed E-state index contributed by atoms with van der Waals surface area (Å²) in [6, 6.07) is 20.5. The lowest BCUT2D eigenvalue weighted by Crippen LogP contribution is -2.45. The van der Waals surface area contributed by atoms with E-state index in [-0.39, 0.29) is 11.9 Å². The lowest BCUT2D eigenvalue weighted by Gasteiger charge is -2.30. The van der Waals surface area contributed by atoms with Crippen molar-refractivity contribution in [3.63, 3.8) is 0 Å². The van der Waals surface area contributed by atoms with E-state index in [0.717, 1.165) is 25.1 Å². The Balaban J connectivity index is 1.45. The van der Waals surface area contributed by atoms with Crippen molar-refractivity contribution in [1.82, 2.24) is 30.4 Å². The zero-order chi connectivity index (χ0) is 21.9. The number of nitrogens with zero attached hydrogens (tertiary/aromatic N) is 5. The summed E-state index contributed by atoms with van der Waals surface area (Å²) in [7, 11) is 0. The molecule has 31 heavy (non-hydrogen) atoms.